The number of halogens is 1. The van der Waals surface area contributed by atoms with Crippen molar-refractivity contribution in [1.29, 1.82) is 0 Å². The number of hydrogen-bond donors (Lipinski definition) is 2. The van der Waals surface area contributed by atoms with E-state index >= 15 is 0 Å². The average Bonchev–Trinajstić information content (AvgIpc) is 3.10. The molecule has 4 aromatic rings. The Morgan fingerprint density at radius 3 is 2.32 bits per heavy atom. The van der Waals surface area contributed by atoms with Crippen molar-refractivity contribution < 1.29 is 17.9 Å². The number of sulfone groups is 1. The normalized spacial score (nSPS) is 11.3. The Hall–Kier alpha value is -4.02. The molecule has 0 unspecified atom stereocenters. The first-order valence-corrected chi connectivity index (χ1v) is 13.5. The number of para-hydroxylation sites is 1. The van der Waals surface area contributed by atoms with Gasteiger partial charge < -0.3 is 15.4 Å². The number of aryl methyl sites for hydroxylation is 1. The van der Waals surface area contributed by atoms with Gasteiger partial charge in [0.2, 0.25) is 15.7 Å². The maximum absolute atomic E-state index is 13.3. The molecule has 0 radical (unpaired) electrons. The van der Waals surface area contributed by atoms with Crippen LogP contribution in [-0.4, -0.2) is 37.3 Å². The largest absolute Gasteiger partial charge is 0.493 e. The summed E-state index contributed by atoms with van der Waals surface area (Å²) in [6.45, 7) is 3.31. The number of rotatable bonds is 8. The van der Waals surface area contributed by atoms with Gasteiger partial charge in [0.1, 0.15) is 10.6 Å². The number of nitrogens with zero attached hydrogens (tertiary/aromatic N) is 2. The zero-order valence-corrected chi connectivity index (χ0v) is 22.9. The number of nitrogens with one attached hydrogen (secondary N) is 2. The Bertz CT molecular complexity index is 1660. The topological polar surface area (TPSA) is 111 Å². The third-order valence-electron chi connectivity index (χ3n) is 6.10. The van der Waals surface area contributed by atoms with Crippen molar-refractivity contribution in [2.24, 2.45) is 7.05 Å². The molecule has 0 spiro atoms. The Labute approximate surface area is 225 Å². The van der Waals surface area contributed by atoms with Gasteiger partial charge in [-0.15, -0.1) is 0 Å². The number of hydrogen-bond acceptors (Lipinski definition) is 6. The van der Waals surface area contributed by atoms with E-state index in [1.807, 2.05) is 25.1 Å². The van der Waals surface area contributed by atoms with Crippen LogP contribution in [0.4, 0.5) is 11.4 Å². The highest BCUT2D eigenvalue weighted by molar-refractivity contribution is 7.91. The van der Waals surface area contributed by atoms with E-state index < -0.39 is 15.7 Å². The van der Waals surface area contributed by atoms with Gasteiger partial charge in [-0.25, -0.2) is 13.1 Å². The van der Waals surface area contributed by atoms with Gasteiger partial charge in [0, 0.05) is 12.1 Å². The number of benzene rings is 3. The van der Waals surface area contributed by atoms with Crippen molar-refractivity contribution in [3.63, 3.8) is 0 Å². The van der Waals surface area contributed by atoms with Crippen molar-refractivity contribution in [2.75, 3.05) is 24.3 Å². The lowest BCUT2D eigenvalue weighted by Gasteiger charge is -2.16. The van der Waals surface area contributed by atoms with Gasteiger partial charge in [0.05, 0.1) is 35.6 Å². The summed E-state index contributed by atoms with van der Waals surface area (Å²) >= 11 is 6.26. The second kappa shape index (κ2) is 10.8. The lowest BCUT2D eigenvalue weighted by Crippen LogP contribution is -2.26. The fourth-order valence-corrected chi connectivity index (χ4v) is 5.78. The summed E-state index contributed by atoms with van der Waals surface area (Å²) in [6.07, 6.45) is 0. The monoisotopic (exact) mass is 554 g/mol. The molecule has 11 heteroatoms. The molecule has 1 amide bonds. The molecule has 9 nitrogen and oxygen atoms in total. The Morgan fingerprint density at radius 1 is 1.03 bits per heavy atom. The molecule has 0 saturated carbocycles. The number of carbonyl (C=O) groups excluding carboxylic acids is 1. The Morgan fingerprint density at radius 2 is 1.68 bits per heavy atom. The van der Waals surface area contributed by atoms with E-state index in [-0.39, 0.29) is 44.0 Å². The molecular formula is C27H27ClN4O5S. The highest BCUT2D eigenvalue weighted by Gasteiger charge is 2.26. The van der Waals surface area contributed by atoms with Crippen molar-refractivity contribution >= 4 is 38.7 Å². The molecule has 2 N–H and O–H groups in total. The molecule has 3 aromatic carbocycles. The summed E-state index contributed by atoms with van der Waals surface area (Å²) < 4.78 is 35.2. The first-order valence-electron chi connectivity index (χ1n) is 11.6. The van der Waals surface area contributed by atoms with Crippen LogP contribution < -0.4 is 20.9 Å². The maximum atomic E-state index is 13.3. The second-order valence-corrected chi connectivity index (χ2v) is 11.0. The molecule has 0 saturated heterocycles. The van der Waals surface area contributed by atoms with Gasteiger partial charge in [-0.2, -0.15) is 0 Å². The van der Waals surface area contributed by atoms with Crippen LogP contribution in [0.25, 0.3) is 5.69 Å². The van der Waals surface area contributed by atoms with E-state index in [9.17, 15) is 18.0 Å². The van der Waals surface area contributed by atoms with E-state index in [4.69, 9.17) is 16.3 Å². The molecule has 0 bridgehead atoms. The summed E-state index contributed by atoms with van der Waals surface area (Å²) in [7, 11) is -0.905. The molecule has 4 rings (SSSR count). The first-order chi connectivity index (χ1) is 18.0. The van der Waals surface area contributed by atoms with Gasteiger partial charge in [-0.05, 0) is 50.2 Å². The first kappa shape index (κ1) is 27.0. The fraction of sp³-hybridized carbons (Fsp3) is 0.185. The summed E-state index contributed by atoms with van der Waals surface area (Å²) in [5.74, 6) is -0.494. The van der Waals surface area contributed by atoms with Crippen LogP contribution in [0.15, 0.2) is 81.3 Å². The maximum Gasteiger partial charge on any atom is 0.295 e. The highest BCUT2D eigenvalue weighted by atomic mass is 35.5. The van der Waals surface area contributed by atoms with E-state index in [0.29, 0.717) is 11.4 Å². The van der Waals surface area contributed by atoms with Crippen LogP contribution in [0, 0.1) is 13.8 Å². The van der Waals surface area contributed by atoms with E-state index in [0.717, 1.165) is 5.56 Å². The molecule has 0 aliphatic rings. The van der Waals surface area contributed by atoms with Gasteiger partial charge in [-0.1, -0.05) is 47.5 Å². The van der Waals surface area contributed by atoms with Crippen LogP contribution in [0.1, 0.15) is 11.3 Å². The summed E-state index contributed by atoms with van der Waals surface area (Å²) in [5, 5.41) is 5.69. The number of carbonyl (C=O) groups is 1. The number of methoxy groups -OCH3 is 1. The molecule has 1 heterocycles. The van der Waals surface area contributed by atoms with Gasteiger partial charge in [-0.3, -0.25) is 14.3 Å². The minimum Gasteiger partial charge on any atom is -0.493 e. The smallest absolute Gasteiger partial charge is 0.295 e. The molecular weight excluding hydrogens is 528 g/mol. The van der Waals surface area contributed by atoms with Crippen LogP contribution in [0.5, 0.6) is 5.75 Å². The molecule has 0 fully saturated rings. The van der Waals surface area contributed by atoms with Crippen molar-refractivity contribution in [2.45, 2.75) is 23.6 Å². The van der Waals surface area contributed by atoms with Crippen LogP contribution in [-0.2, 0) is 21.7 Å². The third-order valence-corrected chi connectivity index (χ3v) is 8.10. The second-order valence-electron chi connectivity index (χ2n) is 8.64. The van der Waals surface area contributed by atoms with Crippen molar-refractivity contribution in [3.05, 3.63) is 93.4 Å². The lowest BCUT2D eigenvalue weighted by molar-refractivity contribution is -0.114. The molecule has 0 aliphatic carbocycles. The van der Waals surface area contributed by atoms with E-state index in [2.05, 4.69) is 10.6 Å². The van der Waals surface area contributed by atoms with Gasteiger partial charge in [0.25, 0.3) is 5.56 Å². The minimum absolute atomic E-state index is 0.0186. The van der Waals surface area contributed by atoms with Crippen molar-refractivity contribution in [3.8, 4) is 11.4 Å². The Balaban J connectivity index is 1.59. The van der Waals surface area contributed by atoms with E-state index in [1.54, 1.807) is 42.9 Å². The number of ether oxygens (including phenoxy) is 1. The van der Waals surface area contributed by atoms with Gasteiger partial charge >= 0.3 is 0 Å². The predicted octanol–water partition coefficient (Wildman–Crippen LogP) is 4.34. The number of anilines is 2. The minimum atomic E-state index is -3.97. The third kappa shape index (κ3) is 5.18. The van der Waals surface area contributed by atoms with Crippen molar-refractivity contribution in [1.82, 2.24) is 9.36 Å². The lowest BCUT2D eigenvalue weighted by atomic mass is 10.2. The van der Waals surface area contributed by atoms with Gasteiger partial charge in [0.15, 0.2) is 5.75 Å². The van der Waals surface area contributed by atoms with E-state index in [1.165, 1.54) is 36.1 Å². The number of aromatic nitrogens is 2. The van der Waals surface area contributed by atoms with Crippen LogP contribution >= 0.6 is 11.6 Å². The molecule has 0 aliphatic heterocycles. The summed E-state index contributed by atoms with van der Waals surface area (Å²) in [6, 6.07) is 18.3. The zero-order chi connectivity index (χ0) is 27.6. The molecule has 198 valence electrons. The summed E-state index contributed by atoms with van der Waals surface area (Å²) in [4.78, 5) is 25.9. The fourth-order valence-electron chi connectivity index (χ4n) is 4.03. The zero-order valence-electron chi connectivity index (χ0n) is 21.3. The van der Waals surface area contributed by atoms with Crippen LogP contribution in [0.3, 0.4) is 0 Å². The predicted molar refractivity (Wildman–Crippen MR) is 148 cm³/mol. The molecule has 1 aromatic heterocycles. The highest BCUT2D eigenvalue weighted by Crippen LogP contribution is 2.38. The number of amides is 1. The molecule has 0 atom stereocenters. The standard InChI is InChI=1S/C27H27ClN4O5S/c1-17-10-12-21(13-11-17)38(35,36)23-15-19(28)14-22(26(23)37-4)29-16-24(33)30-25-18(2)31(3)32(27(25)34)20-8-6-5-7-9-20/h5-15,29H,16H2,1-4H3,(H,30,33). The quantitative estimate of drug-likeness (QED) is 0.335. The molecule has 38 heavy (non-hydrogen) atoms. The SMILES string of the molecule is COc1c(NCC(=O)Nc2c(C)n(C)n(-c3ccccc3)c2=O)cc(Cl)cc1S(=O)(=O)c1ccc(C)cc1. The average molecular weight is 555 g/mol. The van der Waals surface area contributed by atoms with Crippen LogP contribution in [0.2, 0.25) is 5.02 Å². The summed E-state index contributed by atoms with van der Waals surface area (Å²) in [5.41, 5.74) is 2.12. The Kier molecular flexibility index (Phi) is 7.66.